The van der Waals surface area contributed by atoms with Crippen LogP contribution in [0, 0.1) is 12.8 Å². The summed E-state index contributed by atoms with van der Waals surface area (Å²) in [7, 11) is 1.62. The molecule has 2 unspecified atom stereocenters. The second kappa shape index (κ2) is 5.84. The number of hydrogen-bond acceptors (Lipinski definition) is 4. The highest BCUT2D eigenvalue weighted by atomic mass is 19.1. The Bertz CT molecular complexity index is 969. The number of halogens is 1. The minimum Gasteiger partial charge on any atom is -0.496 e. The molecule has 1 aliphatic rings. The zero-order chi connectivity index (χ0) is 17.6. The lowest BCUT2D eigenvalue weighted by Gasteiger charge is -2.10. The molecule has 0 radical (unpaired) electrons. The highest BCUT2D eigenvalue weighted by Crippen LogP contribution is 2.36. The Balaban J connectivity index is 1.70. The highest BCUT2D eigenvalue weighted by molar-refractivity contribution is 5.97. The van der Waals surface area contributed by atoms with Crippen LogP contribution in [0.4, 0.5) is 10.2 Å². The van der Waals surface area contributed by atoms with Gasteiger partial charge in [-0.15, -0.1) is 0 Å². The maximum Gasteiger partial charge on any atom is 0.231 e. The van der Waals surface area contributed by atoms with E-state index in [2.05, 4.69) is 20.5 Å². The van der Waals surface area contributed by atoms with E-state index in [1.807, 2.05) is 31.2 Å². The van der Waals surface area contributed by atoms with Crippen molar-refractivity contribution in [2.75, 3.05) is 12.4 Å². The van der Waals surface area contributed by atoms with Gasteiger partial charge < -0.3 is 10.1 Å². The fraction of sp³-hybridized carbons (Fsp3) is 0.278. The number of fused-ring (bicyclic) bond motifs is 1. The van der Waals surface area contributed by atoms with Gasteiger partial charge in [-0.3, -0.25) is 9.89 Å². The number of nitrogens with one attached hydrogen (secondary N) is 2. The molecule has 1 aromatic carbocycles. The molecule has 1 saturated carbocycles. The van der Waals surface area contributed by atoms with Crippen LogP contribution in [-0.2, 0) is 4.79 Å². The molecule has 1 amide bonds. The first-order valence-electron chi connectivity index (χ1n) is 8.02. The summed E-state index contributed by atoms with van der Waals surface area (Å²) >= 11 is 0. The number of methoxy groups -OCH3 is 1. The second-order valence-electron chi connectivity index (χ2n) is 6.17. The van der Waals surface area contributed by atoms with Gasteiger partial charge >= 0.3 is 0 Å². The molecule has 2 atom stereocenters. The van der Waals surface area contributed by atoms with Crippen molar-refractivity contribution in [2.45, 2.75) is 19.5 Å². The van der Waals surface area contributed by atoms with E-state index in [1.165, 1.54) is 0 Å². The molecule has 0 saturated heterocycles. The average Bonchev–Trinajstić information content (AvgIpc) is 3.20. The Morgan fingerprint density at radius 2 is 2.16 bits per heavy atom. The summed E-state index contributed by atoms with van der Waals surface area (Å²) < 4.78 is 18.4. The third-order valence-corrected chi connectivity index (χ3v) is 4.42. The third-order valence-electron chi connectivity index (χ3n) is 4.42. The van der Waals surface area contributed by atoms with E-state index in [4.69, 9.17) is 4.74 Å². The lowest BCUT2D eigenvalue weighted by atomic mass is 10.0. The number of anilines is 1. The topological polar surface area (TPSA) is 79.9 Å². The normalized spacial score (nSPS) is 19.0. The summed E-state index contributed by atoms with van der Waals surface area (Å²) in [6.07, 6.45) is -0.748. The highest BCUT2D eigenvalue weighted by Gasteiger charge is 2.43. The number of hydrogen-bond donors (Lipinski definition) is 2. The van der Waals surface area contributed by atoms with Crippen LogP contribution in [-0.4, -0.2) is 34.4 Å². The van der Waals surface area contributed by atoms with Crippen LogP contribution in [0.1, 0.15) is 12.0 Å². The molecule has 1 aliphatic carbocycles. The Labute approximate surface area is 143 Å². The number of benzene rings is 1. The molecule has 2 aromatic heterocycles. The third kappa shape index (κ3) is 2.71. The molecule has 2 heterocycles. The minimum atomic E-state index is -1.03. The maximum absolute atomic E-state index is 13.0. The van der Waals surface area contributed by atoms with Crippen LogP contribution < -0.4 is 10.1 Å². The molecule has 0 spiro atoms. The zero-order valence-electron chi connectivity index (χ0n) is 13.8. The van der Waals surface area contributed by atoms with Crippen molar-refractivity contribution in [3.63, 3.8) is 0 Å². The van der Waals surface area contributed by atoms with Crippen molar-refractivity contribution in [3.8, 4) is 17.0 Å². The number of nitrogens with zero attached hydrogens (tertiary/aromatic N) is 2. The SMILES string of the molecule is COc1cccc(C)c1-c1[nH]nc2nc(NC(=O)C3CC3F)ccc12. The van der Waals surface area contributed by atoms with Crippen molar-refractivity contribution in [2.24, 2.45) is 5.92 Å². The first-order chi connectivity index (χ1) is 12.1. The predicted molar refractivity (Wildman–Crippen MR) is 92.2 cm³/mol. The van der Waals surface area contributed by atoms with Crippen molar-refractivity contribution in [1.29, 1.82) is 0 Å². The van der Waals surface area contributed by atoms with Crippen molar-refractivity contribution in [1.82, 2.24) is 15.2 Å². The largest absolute Gasteiger partial charge is 0.496 e. The molecule has 25 heavy (non-hydrogen) atoms. The van der Waals surface area contributed by atoms with E-state index in [1.54, 1.807) is 13.2 Å². The number of ether oxygens (including phenoxy) is 1. The number of amides is 1. The lowest BCUT2D eigenvalue weighted by molar-refractivity contribution is -0.117. The average molecular weight is 340 g/mol. The predicted octanol–water partition coefficient (Wildman–Crippen LogP) is 3.24. The number of carbonyl (C=O) groups is 1. The zero-order valence-corrected chi connectivity index (χ0v) is 13.8. The maximum atomic E-state index is 13.0. The van der Waals surface area contributed by atoms with Gasteiger partial charge in [-0.25, -0.2) is 9.37 Å². The number of aromatic nitrogens is 3. The van der Waals surface area contributed by atoms with Gasteiger partial charge in [-0.1, -0.05) is 12.1 Å². The Morgan fingerprint density at radius 3 is 2.88 bits per heavy atom. The number of pyridine rings is 1. The summed E-state index contributed by atoms with van der Waals surface area (Å²) in [5.74, 6) is 0.219. The fourth-order valence-corrected chi connectivity index (χ4v) is 2.94. The first kappa shape index (κ1) is 15.6. The van der Waals surface area contributed by atoms with E-state index in [0.29, 0.717) is 11.5 Å². The Kier molecular flexibility index (Phi) is 3.63. The van der Waals surface area contributed by atoms with Gasteiger partial charge in [0.05, 0.1) is 18.7 Å². The van der Waals surface area contributed by atoms with E-state index in [0.717, 1.165) is 28.0 Å². The van der Waals surface area contributed by atoms with Gasteiger partial charge in [0.15, 0.2) is 5.65 Å². The molecule has 3 aromatic rings. The number of H-pyrrole nitrogens is 1. The molecule has 7 heteroatoms. The van der Waals surface area contributed by atoms with Crippen LogP contribution in [0.5, 0.6) is 5.75 Å². The van der Waals surface area contributed by atoms with Gasteiger partial charge in [0.1, 0.15) is 17.7 Å². The summed E-state index contributed by atoms with van der Waals surface area (Å²) in [4.78, 5) is 16.2. The van der Waals surface area contributed by atoms with Gasteiger partial charge in [-0.05, 0) is 37.1 Å². The number of aryl methyl sites for hydroxylation is 1. The smallest absolute Gasteiger partial charge is 0.231 e. The summed E-state index contributed by atoms with van der Waals surface area (Å²) in [5, 5.41) is 10.7. The molecule has 128 valence electrons. The van der Waals surface area contributed by atoms with Crippen LogP contribution in [0.15, 0.2) is 30.3 Å². The van der Waals surface area contributed by atoms with E-state index >= 15 is 0 Å². The molecular formula is C18H17FN4O2. The Morgan fingerprint density at radius 1 is 1.36 bits per heavy atom. The van der Waals surface area contributed by atoms with Crippen LogP contribution >= 0.6 is 0 Å². The van der Waals surface area contributed by atoms with Gasteiger partial charge in [0, 0.05) is 10.9 Å². The molecule has 4 rings (SSSR count). The van der Waals surface area contributed by atoms with Gasteiger partial charge in [0.25, 0.3) is 0 Å². The molecule has 6 nitrogen and oxygen atoms in total. The van der Waals surface area contributed by atoms with Crippen molar-refractivity contribution >= 4 is 22.8 Å². The summed E-state index contributed by atoms with van der Waals surface area (Å²) in [5.41, 5.74) is 3.25. The molecule has 0 bridgehead atoms. The molecular weight excluding hydrogens is 323 g/mol. The molecule has 1 fully saturated rings. The van der Waals surface area contributed by atoms with E-state index < -0.39 is 12.1 Å². The number of aromatic amines is 1. The fourth-order valence-electron chi connectivity index (χ4n) is 2.94. The summed E-state index contributed by atoms with van der Waals surface area (Å²) in [6.45, 7) is 2.00. The van der Waals surface area contributed by atoms with Crippen molar-refractivity contribution < 1.29 is 13.9 Å². The van der Waals surface area contributed by atoms with Crippen LogP contribution in [0.2, 0.25) is 0 Å². The van der Waals surface area contributed by atoms with Gasteiger partial charge in [0.2, 0.25) is 5.91 Å². The summed E-state index contributed by atoms with van der Waals surface area (Å²) in [6, 6.07) is 9.34. The molecule has 0 aliphatic heterocycles. The second-order valence-corrected chi connectivity index (χ2v) is 6.17. The quantitative estimate of drug-likeness (QED) is 0.764. The first-order valence-corrected chi connectivity index (χ1v) is 8.02. The van der Waals surface area contributed by atoms with E-state index in [-0.39, 0.29) is 12.3 Å². The van der Waals surface area contributed by atoms with Crippen LogP contribution in [0.25, 0.3) is 22.3 Å². The monoisotopic (exact) mass is 340 g/mol. The number of carbonyl (C=O) groups excluding carboxylic acids is 1. The molecule has 2 N–H and O–H groups in total. The number of alkyl halides is 1. The van der Waals surface area contributed by atoms with Crippen molar-refractivity contribution in [3.05, 3.63) is 35.9 Å². The Hall–Kier alpha value is -2.96. The van der Waals surface area contributed by atoms with E-state index in [9.17, 15) is 9.18 Å². The number of rotatable bonds is 4. The van der Waals surface area contributed by atoms with Crippen LogP contribution in [0.3, 0.4) is 0 Å². The lowest BCUT2D eigenvalue weighted by Crippen LogP contribution is -2.15. The minimum absolute atomic E-state index is 0.285. The van der Waals surface area contributed by atoms with Gasteiger partial charge in [-0.2, -0.15) is 5.10 Å². The standard InChI is InChI=1S/C18H17FN4O2/c1-9-4-3-5-13(25-2)15(9)16-10-6-7-14(20-17(10)23-22-16)21-18(24)11-8-12(11)19/h3-7,11-12H,8H2,1-2H3,(H2,20,21,22,23,24).